The third-order valence-electron chi connectivity index (χ3n) is 4.29. The normalized spacial score (nSPS) is 10.6. The number of aromatic nitrogens is 1. The number of nitrogens with one attached hydrogen (secondary N) is 2. The topological polar surface area (TPSA) is 104 Å². The Balaban J connectivity index is 2.01. The van der Waals surface area contributed by atoms with Gasteiger partial charge >= 0.3 is 6.03 Å². The van der Waals surface area contributed by atoms with E-state index in [1.165, 1.54) is 0 Å². The molecule has 2 aromatic rings. The molecule has 0 unspecified atom stereocenters. The lowest BCUT2D eigenvalue weighted by molar-refractivity contribution is 0.102. The monoisotopic (exact) mass is 398 g/mol. The molecule has 0 saturated carbocycles. The summed E-state index contributed by atoms with van der Waals surface area (Å²) in [5.41, 5.74) is 8.04. The van der Waals surface area contributed by atoms with Crippen LogP contribution in [0, 0.1) is 0 Å². The van der Waals surface area contributed by atoms with E-state index in [4.69, 9.17) is 5.73 Å². The van der Waals surface area contributed by atoms with Gasteiger partial charge in [-0.25, -0.2) is 4.79 Å². The van der Waals surface area contributed by atoms with Crippen molar-refractivity contribution in [2.45, 2.75) is 19.9 Å². The average Bonchev–Trinajstić information content (AvgIpc) is 2.69. The van der Waals surface area contributed by atoms with Crippen LogP contribution in [0.2, 0.25) is 0 Å². The maximum absolute atomic E-state index is 12.4. The van der Waals surface area contributed by atoms with E-state index in [1.54, 1.807) is 41.4 Å². The molecule has 0 atom stereocenters. The predicted molar refractivity (Wildman–Crippen MR) is 116 cm³/mol. The second kappa shape index (κ2) is 11.0. The molecule has 3 amide bonds. The lowest BCUT2D eigenvalue weighted by Gasteiger charge is -2.23. The lowest BCUT2D eigenvalue weighted by Crippen LogP contribution is -2.40. The first-order valence-electron chi connectivity index (χ1n) is 9.69. The minimum Gasteiger partial charge on any atom is -0.397 e. The average molecular weight is 399 g/mol. The number of rotatable bonds is 9. The van der Waals surface area contributed by atoms with Crippen LogP contribution in [0.1, 0.15) is 29.4 Å². The molecular formula is C21H30N6O2. The molecule has 1 aromatic heterocycles. The third kappa shape index (κ3) is 7.08. The highest BCUT2D eigenvalue weighted by atomic mass is 16.2. The molecule has 156 valence electrons. The maximum atomic E-state index is 12.4. The Hall–Kier alpha value is -3.13. The van der Waals surface area contributed by atoms with Gasteiger partial charge in [0.1, 0.15) is 5.69 Å². The summed E-state index contributed by atoms with van der Waals surface area (Å²) in [6.45, 7) is 4.43. The number of nitrogen functional groups attached to an aromatic ring is 1. The van der Waals surface area contributed by atoms with E-state index in [-0.39, 0.29) is 17.6 Å². The fourth-order valence-corrected chi connectivity index (χ4v) is 2.76. The van der Waals surface area contributed by atoms with Crippen molar-refractivity contribution in [3.8, 4) is 0 Å². The summed E-state index contributed by atoms with van der Waals surface area (Å²) < 4.78 is 0. The molecular weight excluding hydrogens is 368 g/mol. The number of para-hydroxylation sites is 2. The van der Waals surface area contributed by atoms with Gasteiger partial charge in [-0.3, -0.25) is 9.78 Å². The molecule has 0 spiro atoms. The number of anilines is 2. The summed E-state index contributed by atoms with van der Waals surface area (Å²) in [4.78, 5) is 32.8. The van der Waals surface area contributed by atoms with Gasteiger partial charge in [-0.2, -0.15) is 0 Å². The highest BCUT2D eigenvalue weighted by Crippen LogP contribution is 2.17. The Morgan fingerprint density at radius 3 is 2.48 bits per heavy atom. The molecule has 0 aliphatic rings. The summed E-state index contributed by atoms with van der Waals surface area (Å²) in [5, 5.41) is 5.60. The maximum Gasteiger partial charge on any atom is 0.317 e. The molecule has 8 heteroatoms. The fraction of sp³-hybridized carbons (Fsp3) is 0.381. The van der Waals surface area contributed by atoms with E-state index < -0.39 is 0 Å². The van der Waals surface area contributed by atoms with E-state index in [2.05, 4.69) is 20.5 Å². The minimum atomic E-state index is -0.332. The zero-order chi connectivity index (χ0) is 21.2. The van der Waals surface area contributed by atoms with Crippen molar-refractivity contribution in [1.82, 2.24) is 20.1 Å². The Labute approximate surface area is 172 Å². The number of nitrogens with zero attached hydrogens (tertiary/aromatic N) is 3. The van der Waals surface area contributed by atoms with Gasteiger partial charge in [0, 0.05) is 25.8 Å². The summed E-state index contributed by atoms with van der Waals surface area (Å²) in [6, 6.07) is 10.4. The van der Waals surface area contributed by atoms with E-state index in [0.29, 0.717) is 31.0 Å². The predicted octanol–water partition coefficient (Wildman–Crippen LogP) is 2.40. The van der Waals surface area contributed by atoms with Crippen LogP contribution in [0.25, 0.3) is 0 Å². The molecule has 2 rings (SSSR count). The van der Waals surface area contributed by atoms with Crippen LogP contribution in [0.3, 0.4) is 0 Å². The van der Waals surface area contributed by atoms with Gasteiger partial charge in [0.2, 0.25) is 0 Å². The van der Waals surface area contributed by atoms with Crippen molar-refractivity contribution in [1.29, 1.82) is 0 Å². The van der Waals surface area contributed by atoms with Crippen LogP contribution in [0.15, 0.2) is 42.6 Å². The number of hydrogen-bond acceptors (Lipinski definition) is 5. The molecule has 29 heavy (non-hydrogen) atoms. The molecule has 0 radical (unpaired) electrons. The van der Waals surface area contributed by atoms with Crippen molar-refractivity contribution >= 4 is 23.3 Å². The highest BCUT2D eigenvalue weighted by Gasteiger charge is 2.14. The fourth-order valence-electron chi connectivity index (χ4n) is 2.76. The number of urea groups is 1. The standard InChI is InChI=1S/C21H30N6O2/c1-4-23-21(29)27(13-7-12-26(2)3)15-16-10-11-19(24-14-16)20(28)25-18-9-6-5-8-17(18)22/h5-6,8-11,14H,4,7,12-13,15,22H2,1-3H3,(H,23,29)(H,25,28). The molecule has 4 N–H and O–H groups in total. The second-order valence-electron chi connectivity index (χ2n) is 7.01. The number of nitrogens with two attached hydrogens (primary N) is 1. The number of hydrogen-bond donors (Lipinski definition) is 3. The van der Waals surface area contributed by atoms with Gasteiger partial charge in [-0.1, -0.05) is 18.2 Å². The van der Waals surface area contributed by atoms with E-state index in [9.17, 15) is 9.59 Å². The van der Waals surface area contributed by atoms with Crippen molar-refractivity contribution in [3.05, 3.63) is 53.9 Å². The molecule has 0 aliphatic carbocycles. The Morgan fingerprint density at radius 1 is 1.10 bits per heavy atom. The van der Waals surface area contributed by atoms with Gasteiger partial charge in [0.05, 0.1) is 11.4 Å². The zero-order valence-electron chi connectivity index (χ0n) is 17.3. The largest absolute Gasteiger partial charge is 0.397 e. The Morgan fingerprint density at radius 2 is 1.86 bits per heavy atom. The number of amides is 3. The third-order valence-corrected chi connectivity index (χ3v) is 4.29. The highest BCUT2D eigenvalue weighted by molar-refractivity contribution is 6.04. The number of carbonyl (C=O) groups is 2. The summed E-state index contributed by atoms with van der Waals surface area (Å²) in [5.74, 6) is -0.332. The van der Waals surface area contributed by atoms with Crippen LogP contribution in [-0.2, 0) is 6.54 Å². The van der Waals surface area contributed by atoms with Gasteiger partial charge in [0.25, 0.3) is 5.91 Å². The van der Waals surface area contributed by atoms with Gasteiger partial charge in [0.15, 0.2) is 0 Å². The smallest absolute Gasteiger partial charge is 0.317 e. The Bertz CT molecular complexity index is 807. The lowest BCUT2D eigenvalue weighted by atomic mass is 10.2. The van der Waals surface area contributed by atoms with Crippen molar-refractivity contribution in [2.24, 2.45) is 0 Å². The second-order valence-corrected chi connectivity index (χ2v) is 7.01. The SMILES string of the molecule is CCNC(=O)N(CCCN(C)C)Cc1ccc(C(=O)Nc2ccccc2N)nc1. The summed E-state index contributed by atoms with van der Waals surface area (Å²) >= 11 is 0. The Kier molecular flexibility index (Phi) is 8.42. The van der Waals surface area contributed by atoms with Crippen LogP contribution in [0.5, 0.6) is 0 Å². The molecule has 8 nitrogen and oxygen atoms in total. The van der Waals surface area contributed by atoms with Gasteiger partial charge < -0.3 is 26.2 Å². The van der Waals surface area contributed by atoms with Gasteiger partial charge in [-0.15, -0.1) is 0 Å². The van der Waals surface area contributed by atoms with Crippen molar-refractivity contribution in [2.75, 3.05) is 44.8 Å². The molecule has 0 bridgehead atoms. The first-order chi connectivity index (χ1) is 13.9. The van der Waals surface area contributed by atoms with Crippen LogP contribution >= 0.6 is 0 Å². The molecule has 0 aliphatic heterocycles. The molecule has 1 heterocycles. The molecule has 0 fully saturated rings. The summed E-state index contributed by atoms with van der Waals surface area (Å²) in [6.07, 6.45) is 2.50. The minimum absolute atomic E-state index is 0.104. The van der Waals surface area contributed by atoms with E-state index in [1.807, 2.05) is 27.1 Å². The quantitative estimate of drug-likeness (QED) is 0.563. The van der Waals surface area contributed by atoms with Crippen LogP contribution in [-0.4, -0.2) is 60.5 Å². The first-order valence-corrected chi connectivity index (χ1v) is 9.69. The van der Waals surface area contributed by atoms with Crippen LogP contribution < -0.4 is 16.4 Å². The number of carbonyl (C=O) groups excluding carboxylic acids is 2. The van der Waals surface area contributed by atoms with Crippen molar-refractivity contribution in [3.63, 3.8) is 0 Å². The zero-order valence-corrected chi connectivity index (χ0v) is 17.3. The molecule has 0 saturated heterocycles. The van der Waals surface area contributed by atoms with Gasteiger partial charge in [-0.05, 0) is 57.7 Å². The molecule has 1 aromatic carbocycles. The van der Waals surface area contributed by atoms with E-state index >= 15 is 0 Å². The number of pyridine rings is 1. The summed E-state index contributed by atoms with van der Waals surface area (Å²) in [7, 11) is 4.01. The van der Waals surface area contributed by atoms with Crippen molar-refractivity contribution < 1.29 is 9.59 Å². The number of benzene rings is 1. The van der Waals surface area contributed by atoms with E-state index in [0.717, 1.165) is 18.5 Å². The van der Waals surface area contributed by atoms with Crippen LogP contribution in [0.4, 0.5) is 16.2 Å². The first kappa shape index (κ1) is 22.2.